The molecule has 4 heteroatoms. The number of aliphatic hydroxyl groups excluding tert-OH is 1. The molecule has 2 rings (SSSR count). The van der Waals surface area contributed by atoms with Crippen molar-refractivity contribution < 1.29 is 14.6 Å². The monoisotopic (exact) mass is 369 g/mol. The highest BCUT2D eigenvalue weighted by Crippen LogP contribution is 2.22. The van der Waals surface area contributed by atoms with Crippen LogP contribution in [0.2, 0.25) is 0 Å². The van der Waals surface area contributed by atoms with Crippen molar-refractivity contribution in [3.05, 3.63) is 71.8 Å². The molecule has 0 aliphatic heterocycles. The van der Waals surface area contributed by atoms with Gasteiger partial charge in [0.05, 0.1) is 18.8 Å². The molecule has 27 heavy (non-hydrogen) atoms. The topological polar surface area (TPSA) is 49.8 Å². The quantitative estimate of drug-likeness (QED) is 0.639. The number of hydrogen-bond donors (Lipinski definition) is 1. The van der Waals surface area contributed by atoms with Gasteiger partial charge in [0.15, 0.2) is 0 Å². The standard InChI is InChI=1S/C23H31NO3/c1-18(11-10-16-27-17-20-12-6-4-7-13-20)23(26)24(3)19(2)22(25)21-14-8-5-9-15-21/h4-9,12-15,18-19,22,25H,10-11,16-17H2,1-3H3/t18-,19-,22+/m0/s1. The van der Waals surface area contributed by atoms with Crippen molar-refractivity contribution in [2.24, 2.45) is 5.92 Å². The van der Waals surface area contributed by atoms with Crippen LogP contribution >= 0.6 is 0 Å². The first kappa shape index (κ1) is 21.1. The van der Waals surface area contributed by atoms with E-state index in [4.69, 9.17) is 4.74 Å². The highest BCUT2D eigenvalue weighted by Gasteiger charge is 2.26. The normalized spacial score (nSPS) is 14.4. The molecule has 0 aromatic heterocycles. The zero-order chi connectivity index (χ0) is 19.6. The first-order chi connectivity index (χ1) is 13.0. The maximum absolute atomic E-state index is 12.7. The van der Waals surface area contributed by atoms with Crippen LogP contribution in [0, 0.1) is 5.92 Å². The summed E-state index contributed by atoms with van der Waals surface area (Å²) in [5.74, 6) is -0.0405. The number of aliphatic hydroxyl groups is 1. The minimum atomic E-state index is -0.693. The maximum Gasteiger partial charge on any atom is 0.225 e. The van der Waals surface area contributed by atoms with E-state index in [0.717, 1.165) is 24.0 Å². The third-order valence-corrected chi connectivity index (χ3v) is 5.02. The average Bonchev–Trinajstić information content (AvgIpc) is 2.72. The minimum Gasteiger partial charge on any atom is -0.386 e. The molecule has 3 atom stereocenters. The highest BCUT2D eigenvalue weighted by molar-refractivity contribution is 5.78. The largest absolute Gasteiger partial charge is 0.386 e. The van der Waals surface area contributed by atoms with E-state index in [1.807, 2.05) is 74.5 Å². The SMILES string of the molecule is C[C@@H](CCCOCc1ccccc1)C(=O)N(C)[C@@H](C)[C@@H](O)c1ccccc1. The molecule has 1 amide bonds. The van der Waals surface area contributed by atoms with Gasteiger partial charge in [-0.2, -0.15) is 0 Å². The molecule has 0 fully saturated rings. The molecule has 0 radical (unpaired) electrons. The first-order valence-electron chi connectivity index (χ1n) is 9.62. The number of nitrogens with zero attached hydrogens (tertiary/aromatic N) is 1. The van der Waals surface area contributed by atoms with Gasteiger partial charge in [0.25, 0.3) is 0 Å². The van der Waals surface area contributed by atoms with Gasteiger partial charge in [-0.3, -0.25) is 4.79 Å². The van der Waals surface area contributed by atoms with Crippen LogP contribution in [0.1, 0.15) is 43.9 Å². The Kier molecular flexibility index (Phi) is 8.49. The molecule has 2 aromatic carbocycles. The highest BCUT2D eigenvalue weighted by atomic mass is 16.5. The molecule has 0 saturated carbocycles. The summed E-state index contributed by atoms with van der Waals surface area (Å²) in [7, 11) is 1.77. The van der Waals surface area contributed by atoms with Crippen LogP contribution in [-0.4, -0.2) is 35.6 Å². The fourth-order valence-corrected chi connectivity index (χ4v) is 3.07. The van der Waals surface area contributed by atoms with Crippen LogP contribution in [0.15, 0.2) is 60.7 Å². The van der Waals surface area contributed by atoms with Gasteiger partial charge in [-0.1, -0.05) is 67.6 Å². The summed E-state index contributed by atoms with van der Waals surface area (Å²) < 4.78 is 5.69. The number of benzene rings is 2. The summed E-state index contributed by atoms with van der Waals surface area (Å²) in [6.45, 7) is 5.06. The molecule has 0 aliphatic rings. The number of amides is 1. The lowest BCUT2D eigenvalue weighted by Crippen LogP contribution is -2.41. The van der Waals surface area contributed by atoms with Crippen LogP contribution in [-0.2, 0) is 16.1 Å². The van der Waals surface area contributed by atoms with E-state index in [-0.39, 0.29) is 17.9 Å². The number of hydrogen-bond acceptors (Lipinski definition) is 3. The molecule has 0 bridgehead atoms. The first-order valence-corrected chi connectivity index (χ1v) is 9.62. The number of carbonyl (C=O) groups excluding carboxylic acids is 1. The Balaban J connectivity index is 1.73. The lowest BCUT2D eigenvalue weighted by atomic mass is 9.99. The molecule has 0 aliphatic carbocycles. The molecule has 1 N–H and O–H groups in total. The van der Waals surface area contributed by atoms with Gasteiger partial charge in [0.1, 0.15) is 0 Å². The van der Waals surface area contributed by atoms with E-state index >= 15 is 0 Å². The number of likely N-dealkylation sites (N-methyl/N-ethyl adjacent to an activating group) is 1. The average molecular weight is 370 g/mol. The predicted octanol–water partition coefficient (Wildman–Crippen LogP) is 4.20. The second-order valence-electron chi connectivity index (χ2n) is 7.13. The van der Waals surface area contributed by atoms with E-state index in [1.54, 1.807) is 11.9 Å². The van der Waals surface area contributed by atoms with Gasteiger partial charge in [-0.25, -0.2) is 0 Å². The van der Waals surface area contributed by atoms with Crippen LogP contribution < -0.4 is 0 Å². The fourth-order valence-electron chi connectivity index (χ4n) is 3.07. The summed E-state index contributed by atoms with van der Waals surface area (Å²) in [4.78, 5) is 14.3. The van der Waals surface area contributed by atoms with Crippen molar-refractivity contribution in [2.75, 3.05) is 13.7 Å². The Labute approximate surface area is 162 Å². The lowest BCUT2D eigenvalue weighted by Gasteiger charge is -2.31. The zero-order valence-electron chi connectivity index (χ0n) is 16.5. The Hall–Kier alpha value is -2.17. The van der Waals surface area contributed by atoms with E-state index < -0.39 is 6.10 Å². The molecular formula is C23H31NO3. The predicted molar refractivity (Wildman–Crippen MR) is 108 cm³/mol. The lowest BCUT2D eigenvalue weighted by molar-refractivity contribution is -0.138. The summed E-state index contributed by atoms with van der Waals surface area (Å²) >= 11 is 0. The van der Waals surface area contributed by atoms with Crippen LogP contribution in [0.25, 0.3) is 0 Å². The van der Waals surface area contributed by atoms with Crippen molar-refractivity contribution in [2.45, 2.75) is 45.4 Å². The molecule has 4 nitrogen and oxygen atoms in total. The van der Waals surface area contributed by atoms with Gasteiger partial charge in [-0.15, -0.1) is 0 Å². The Morgan fingerprint density at radius 2 is 1.63 bits per heavy atom. The van der Waals surface area contributed by atoms with Gasteiger partial charge in [0, 0.05) is 19.6 Å². The molecular weight excluding hydrogens is 338 g/mol. The van der Waals surface area contributed by atoms with Gasteiger partial charge >= 0.3 is 0 Å². The number of rotatable bonds is 10. The molecule has 0 saturated heterocycles. The van der Waals surface area contributed by atoms with E-state index in [9.17, 15) is 9.90 Å². The summed E-state index contributed by atoms with van der Waals surface area (Å²) in [6, 6.07) is 19.3. The fraction of sp³-hybridized carbons (Fsp3) is 0.435. The van der Waals surface area contributed by atoms with Gasteiger partial charge in [0.2, 0.25) is 5.91 Å². The Bertz CT molecular complexity index is 675. The van der Waals surface area contributed by atoms with E-state index in [0.29, 0.717) is 13.2 Å². The Morgan fingerprint density at radius 3 is 2.26 bits per heavy atom. The molecule has 146 valence electrons. The smallest absolute Gasteiger partial charge is 0.225 e. The summed E-state index contributed by atoms with van der Waals surface area (Å²) in [6.07, 6.45) is 0.913. The second-order valence-corrected chi connectivity index (χ2v) is 7.13. The van der Waals surface area contributed by atoms with Crippen LogP contribution in [0.4, 0.5) is 0 Å². The third-order valence-electron chi connectivity index (χ3n) is 5.02. The van der Waals surface area contributed by atoms with Gasteiger partial charge < -0.3 is 14.7 Å². The minimum absolute atomic E-state index is 0.0561. The van der Waals surface area contributed by atoms with Crippen molar-refractivity contribution >= 4 is 5.91 Å². The molecule has 0 unspecified atom stereocenters. The third kappa shape index (κ3) is 6.49. The van der Waals surface area contributed by atoms with E-state index in [2.05, 4.69) is 0 Å². The molecule has 0 spiro atoms. The van der Waals surface area contributed by atoms with Crippen molar-refractivity contribution in [1.29, 1.82) is 0 Å². The summed E-state index contributed by atoms with van der Waals surface area (Å²) in [5.41, 5.74) is 1.98. The van der Waals surface area contributed by atoms with Crippen LogP contribution in [0.5, 0.6) is 0 Å². The number of carbonyl (C=O) groups is 1. The van der Waals surface area contributed by atoms with Crippen molar-refractivity contribution in [3.63, 3.8) is 0 Å². The second kappa shape index (κ2) is 10.9. The zero-order valence-corrected chi connectivity index (χ0v) is 16.5. The Morgan fingerprint density at radius 1 is 1.04 bits per heavy atom. The molecule has 0 heterocycles. The maximum atomic E-state index is 12.7. The van der Waals surface area contributed by atoms with Crippen molar-refractivity contribution in [3.8, 4) is 0 Å². The van der Waals surface area contributed by atoms with Gasteiger partial charge in [-0.05, 0) is 30.9 Å². The summed E-state index contributed by atoms with van der Waals surface area (Å²) in [5, 5.41) is 10.5. The van der Waals surface area contributed by atoms with Crippen molar-refractivity contribution in [1.82, 2.24) is 4.90 Å². The van der Waals surface area contributed by atoms with Crippen LogP contribution in [0.3, 0.4) is 0 Å². The number of ether oxygens (including phenoxy) is 1. The van der Waals surface area contributed by atoms with E-state index in [1.165, 1.54) is 0 Å². The molecule has 2 aromatic rings.